The number of hydrogen-bond acceptors (Lipinski definition) is 5. The van der Waals surface area contributed by atoms with Crippen molar-refractivity contribution in [3.05, 3.63) is 42.5 Å². The first-order valence-corrected chi connectivity index (χ1v) is 6.80. The number of rotatable bonds is 1. The summed E-state index contributed by atoms with van der Waals surface area (Å²) in [6, 6.07) is 10.0. The highest BCUT2D eigenvalue weighted by molar-refractivity contribution is 6.46. The number of ether oxygens (including phenoxy) is 1. The van der Waals surface area contributed by atoms with Gasteiger partial charge in [0.25, 0.3) is 0 Å². The molecule has 1 atom stereocenters. The third kappa shape index (κ3) is 17.6. The normalized spacial score (nSPS) is 16.9. The summed E-state index contributed by atoms with van der Waals surface area (Å²) in [7, 11) is -4.61. The molecule has 0 radical (unpaired) electrons. The monoisotopic (exact) mass is 258 g/mol. The van der Waals surface area contributed by atoms with Crippen molar-refractivity contribution in [2.24, 2.45) is 0 Å². The van der Waals surface area contributed by atoms with Crippen molar-refractivity contribution in [1.29, 1.82) is 0 Å². The SMILES string of the molecule is C=Cc1ccccc1.CC1CO1.O[Si](O)(O)O. The van der Waals surface area contributed by atoms with Crippen LogP contribution in [0, 0.1) is 0 Å². The Morgan fingerprint density at radius 2 is 1.59 bits per heavy atom. The first kappa shape index (κ1) is 16.0. The first-order chi connectivity index (χ1) is 7.83. The maximum absolute atomic E-state index is 7.33. The molecule has 4 N–H and O–H groups in total. The van der Waals surface area contributed by atoms with Gasteiger partial charge in [-0.2, -0.15) is 0 Å². The van der Waals surface area contributed by atoms with Crippen molar-refractivity contribution in [2.75, 3.05) is 6.61 Å². The van der Waals surface area contributed by atoms with Gasteiger partial charge in [0.2, 0.25) is 0 Å². The van der Waals surface area contributed by atoms with Gasteiger partial charge in [-0.05, 0) is 12.5 Å². The summed E-state index contributed by atoms with van der Waals surface area (Å²) in [6.07, 6.45) is 2.42. The van der Waals surface area contributed by atoms with Crippen LogP contribution in [0.25, 0.3) is 6.08 Å². The van der Waals surface area contributed by atoms with E-state index in [1.54, 1.807) is 0 Å². The Hall–Kier alpha value is -1.02. The number of hydrogen-bond donors (Lipinski definition) is 4. The molecular weight excluding hydrogens is 240 g/mol. The van der Waals surface area contributed by atoms with Crippen molar-refractivity contribution < 1.29 is 23.9 Å². The van der Waals surface area contributed by atoms with Crippen molar-refractivity contribution in [3.63, 3.8) is 0 Å². The van der Waals surface area contributed by atoms with E-state index in [9.17, 15) is 0 Å². The molecule has 17 heavy (non-hydrogen) atoms. The Morgan fingerprint density at radius 3 is 1.76 bits per heavy atom. The van der Waals surface area contributed by atoms with E-state index in [0.717, 1.165) is 6.61 Å². The zero-order valence-electron chi connectivity index (χ0n) is 9.65. The summed E-state index contributed by atoms with van der Waals surface area (Å²) in [5.74, 6) is 0. The molecule has 1 aromatic carbocycles. The summed E-state index contributed by atoms with van der Waals surface area (Å²) < 4.78 is 4.71. The Morgan fingerprint density at radius 1 is 1.24 bits per heavy atom. The Bertz CT molecular complexity index is 299. The fourth-order valence-corrected chi connectivity index (χ4v) is 0.685. The summed E-state index contributed by atoms with van der Waals surface area (Å²) in [4.78, 5) is 29.3. The summed E-state index contributed by atoms with van der Waals surface area (Å²) in [6.45, 7) is 6.67. The van der Waals surface area contributed by atoms with E-state index in [0.29, 0.717) is 6.10 Å². The van der Waals surface area contributed by atoms with Gasteiger partial charge in [-0.25, -0.2) is 0 Å². The molecule has 0 amide bonds. The van der Waals surface area contributed by atoms with E-state index in [-0.39, 0.29) is 0 Å². The Balaban J connectivity index is 0.000000245. The van der Waals surface area contributed by atoms with Gasteiger partial charge in [-0.3, -0.25) is 0 Å². The van der Waals surface area contributed by atoms with E-state index < -0.39 is 9.05 Å². The third-order valence-corrected chi connectivity index (χ3v) is 1.54. The first-order valence-electron chi connectivity index (χ1n) is 5.01. The van der Waals surface area contributed by atoms with Crippen LogP contribution in [-0.4, -0.2) is 40.9 Å². The molecule has 1 fully saturated rings. The molecule has 1 saturated heterocycles. The van der Waals surface area contributed by atoms with Crippen molar-refractivity contribution in [3.8, 4) is 0 Å². The highest BCUT2D eigenvalue weighted by atomic mass is 28.4. The lowest BCUT2D eigenvalue weighted by molar-refractivity contribution is 0.117. The van der Waals surface area contributed by atoms with Crippen LogP contribution in [0.3, 0.4) is 0 Å². The molecule has 0 aliphatic carbocycles. The topological polar surface area (TPSA) is 93.5 Å². The lowest BCUT2D eigenvalue weighted by Crippen LogP contribution is -2.33. The molecule has 1 aliphatic rings. The van der Waals surface area contributed by atoms with Gasteiger partial charge in [0.05, 0.1) is 12.7 Å². The molecule has 5 nitrogen and oxygen atoms in total. The molecule has 2 rings (SSSR count). The average molecular weight is 258 g/mol. The molecule has 0 bridgehead atoms. The predicted octanol–water partition coefficient (Wildman–Crippen LogP) is 0.126. The standard InChI is InChI=1S/C8H8.C3H6O.H4O4Si/c1-2-8-6-4-3-5-7-8;1-3-2-4-3;1-5(2,3)4/h2-7H,1H2;3H,2H2,1H3;1-4H. The van der Waals surface area contributed by atoms with E-state index >= 15 is 0 Å². The summed E-state index contributed by atoms with van der Waals surface area (Å²) in [5, 5.41) is 0. The maximum Gasteiger partial charge on any atom is 0.668 e. The highest BCUT2D eigenvalue weighted by Crippen LogP contribution is 2.04. The Labute approximate surface area is 102 Å². The predicted molar refractivity (Wildman–Crippen MR) is 66.6 cm³/mol. The average Bonchev–Trinajstić information content (AvgIpc) is 3.00. The van der Waals surface area contributed by atoms with Gasteiger partial charge in [0.15, 0.2) is 0 Å². The van der Waals surface area contributed by atoms with Crippen LogP contribution in [-0.2, 0) is 4.74 Å². The van der Waals surface area contributed by atoms with Gasteiger partial charge >= 0.3 is 9.05 Å². The fraction of sp³-hybridized carbons (Fsp3) is 0.273. The van der Waals surface area contributed by atoms with Crippen molar-refractivity contribution in [1.82, 2.24) is 0 Å². The zero-order chi connectivity index (χ0) is 13.3. The third-order valence-electron chi connectivity index (χ3n) is 1.54. The summed E-state index contributed by atoms with van der Waals surface area (Å²) in [5.41, 5.74) is 1.17. The smallest absolute Gasteiger partial charge is 0.373 e. The lowest BCUT2D eigenvalue weighted by Gasteiger charge is -1.91. The largest absolute Gasteiger partial charge is 0.668 e. The van der Waals surface area contributed by atoms with Crippen LogP contribution in [0.4, 0.5) is 0 Å². The van der Waals surface area contributed by atoms with Gasteiger partial charge in [0.1, 0.15) is 0 Å². The van der Waals surface area contributed by atoms with E-state index in [1.165, 1.54) is 5.56 Å². The minimum atomic E-state index is -4.61. The molecule has 6 heteroatoms. The van der Waals surface area contributed by atoms with Crippen LogP contribution in [0.1, 0.15) is 12.5 Å². The lowest BCUT2D eigenvalue weighted by atomic mass is 10.2. The second-order valence-electron chi connectivity index (χ2n) is 3.36. The van der Waals surface area contributed by atoms with Crippen molar-refractivity contribution in [2.45, 2.75) is 13.0 Å². The quantitative estimate of drug-likeness (QED) is 0.424. The molecular formula is C11H18O5Si. The molecule has 1 aromatic rings. The van der Waals surface area contributed by atoms with E-state index in [1.807, 2.05) is 36.4 Å². The molecule has 1 aliphatic heterocycles. The van der Waals surface area contributed by atoms with Gasteiger partial charge < -0.3 is 23.9 Å². The van der Waals surface area contributed by atoms with Gasteiger partial charge in [-0.1, -0.05) is 43.0 Å². The highest BCUT2D eigenvalue weighted by Gasteiger charge is 2.22. The molecule has 96 valence electrons. The second kappa shape index (κ2) is 8.12. The van der Waals surface area contributed by atoms with Crippen molar-refractivity contribution >= 4 is 15.1 Å². The second-order valence-corrected chi connectivity index (χ2v) is 4.56. The van der Waals surface area contributed by atoms with E-state index in [4.69, 9.17) is 23.9 Å². The van der Waals surface area contributed by atoms with Crippen LogP contribution >= 0.6 is 0 Å². The van der Waals surface area contributed by atoms with Crippen LogP contribution < -0.4 is 0 Å². The molecule has 1 heterocycles. The van der Waals surface area contributed by atoms with Crippen LogP contribution in [0.15, 0.2) is 36.9 Å². The molecule has 0 aromatic heterocycles. The Kier molecular flexibility index (Phi) is 7.64. The fourth-order valence-electron chi connectivity index (χ4n) is 0.685. The van der Waals surface area contributed by atoms with Crippen LogP contribution in [0.2, 0.25) is 0 Å². The zero-order valence-corrected chi connectivity index (χ0v) is 10.7. The molecule has 0 saturated carbocycles. The van der Waals surface area contributed by atoms with E-state index in [2.05, 4.69) is 13.5 Å². The van der Waals surface area contributed by atoms with Gasteiger partial charge in [0, 0.05) is 0 Å². The van der Waals surface area contributed by atoms with Gasteiger partial charge in [-0.15, -0.1) is 0 Å². The molecule has 0 spiro atoms. The molecule has 1 unspecified atom stereocenters. The number of epoxide rings is 1. The van der Waals surface area contributed by atoms with Crippen LogP contribution in [0.5, 0.6) is 0 Å². The minimum Gasteiger partial charge on any atom is -0.373 e. The number of benzene rings is 1. The minimum absolute atomic E-state index is 0.583. The summed E-state index contributed by atoms with van der Waals surface area (Å²) >= 11 is 0. The maximum atomic E-state index is 7.33.